The Balaban J connectivity index is 1.83. The standard InChI is InChI=1S/C17H20N6O/c1-10-9-23(7-4-14(10)24)13-3-6-19-16-15(13)11(8-21-16)12-2-5-20-17(18)22-12/h2-3,5-6,8,10,14,24H,4,7,9H2,1H3,(H,19,21)(H2,18,20,22)/t10-,14-/m0/s1. The smallest absolute Gasteiger partial charge is 0.220 e. The number of aromatic nitrogens is 4. The number of H-pyrrole nitrogens is 1. The van der Waals surface area contributed by atoms with Gasteiger partial charge in [0.25, 0.3) is 0 Å². The van der Waals surface area contributed by atoms with Gasteiger partial charge in [-0.3, -0.25) is 0 Å². The van der Waals surface area contributed by atoms with Crippen LogP contribution in [0.15, 0.2) is 30.7 Å². The first-order chi connectivity index (χ1) is 11.6. The summed E-state index contributed by atoms with van der Waals surface area (Å²) in [6.45, 7) is 3.72. The van der Waals surface area contributed by atoms with Crippen molar-refractivity contribution in [1.82, 2.24) is 19.9 Å². The number of nitrogens with one attached hydrogen (secondary N) is 1. The van der Waals surface area contributed by atoms with Gasteiger partial charge in [0, 0.05) is 42.9 Å². The molecule has 3 aromatic heterocycles. The maximum absolute atomic E-state index is 10.0. The molecule has 4 N–H and O–H groups in total. The van der Waals surface area contributed by atoms with Crippen LogP contribution in [0, 0.1) is 5.92 Å². The summed E-state index contributed by atoms with van der Waals surface area (Å²) in [7, 11) is 0. The molecule has 4 heterocycles. The van der Waals surface area contributed by atoms with Gasteiger partial charge < -0.3 is 20.7 Å². The third-order valence-electron chi connectivity index (χ3n) is 4.70. The minimum atomic E-state index is -0.231. The molecule has 124 valence electrons. The Kier molecular flexibility index (Phi) is 3.57. The summed E-state index contributed by atoms with van der Waals surface area (Å²) >= 11 is 0. The number of pyridine rings is 1. The molecule has 1 fully saturated rings. The van der Waals surface area contributed by atoms with Gasteiger partial charge in [-0.25, -0.2) is 15.0 Å². The van der Waals surface area contributed by atoms with E-state index >= 15 is 0 Å². The van der Waals surface area contributed by atoms with Crippen molar-refractivity contribution in [1.29, 1.82) is 0 Å². The molecule has 1 aliphatic heterocycles. The van der Waals surface area contributed by atoms with Crippen molar-refractivity contribution in [3.8, 4) is 11.3 Å². The van der Waals surface area contributed by atoms with Crippen LogP contribution in [0.1, 0.15) is 13.3 Å². The highest BCUT2D eigenvalue weighted by atomic mass is 16.3. The highest BCUT2D eigenvalue weighted by molar-refractivity contribution is 6.02. The van der Waals surface area contributed by atoms with E-state index in [0.29, 0.717) is 0 Å². The fraction of sp³-hybridized carbons (Fsp3) is 0.353. The number of aliphatic hydroxyl groups is 1. The highest BCUT2D eigenvalue weighted by Crippen LogP contribution is 2.35. The summed E-state index contributed by atoms with van der Waals surface area (Å²) < 4.78 is 0. The number of hydrogen-bond donors (Lipinski definition) is 3. The lowest BCUT2D eigenvalue weighted by Gasteiger charge is -2.36. The van der Waals surface area contributed by atoms with Gasteiger partial charge in [-0.15, -0.1) is 0 Å². The predicted octanol–water partition coefficient (Wildman–Crippen LogP) is 1.81. The van der Waals surface area contributed by atoms with E-state index in [1.54, 1.807) is 6.20 Å². The Hall–Kier alpha value is -2.67. The lowest BCUT2D eigenvalue weighted by Crippen LogP contribution is -2.42. The van der Waals surface area contributed by atoms with E-state index in [1.165, 1.54) is 0 Å². The van der Waals surface area contributed by atoms with Crippen LogP contribution in [0.5, 0.6) is 0 Å². The van der Waals surface area contributed by atoms with Gasteiger partial charge in [-0.1, -0.05) is 6.92 Å². The minimum Gasteiger partial charge on any atom is -0.393 e. The van der Waals surface area contributed by atoms with E-state index in [9.17, 15) is 5.11 Å². The van der Waals surface area contributed by atoms with Crippen molar-refractivity contribution < 1.29 is 5.11 Å². The third-order valence-corrected chi connectivity index (χ3v) is 4.70. The normalized spacial score (nSPS) is 21.3. The first kappa shape index (κ1) is 14.9. The second-order valence-corrected chi connectivity index (χ2v) is 6.34. The van der Waals surface area contributed by atoms with Crippen molar-refractivity contribution in [2.45, 2.75) is 19.4 Å². The molecule has 0 spiro atoms. The quantitative estimate of drug-likeness (QED) is 0.664. The molecule has 1 aliphatic rings. The average Bonchev–Trinajstić information content (AvgIpc) is 3.01. The van der Waals surface area contributed by atoms with Crippen molar-refractivity contribution in [3.05, 3.63) is 30.7 Å². The zero-order valence-electron chi connectivity index (χ0n) is 13.5. The molecule has 1 saturated heterocycles. The Morgan fingerprint density at radius 1 is 1.29 bits per heavy atom. The van der Waals surface area contributed by atoms with Gasteiger partial charge in [0.15, 0.2) is 0 Å². The minimum absolute atomic E-state index is 0.231. The van der Waals surface area contributed by atoms with E-state index in [0.717, 1.165) is 47.5 Å². The SMILES string of the molecule is C[C@H]1CN(c2ccnc3[nH]cc(-c4ccnc(N)n4)c23)CC[C@@H]1O. The maximum atomic E-state index is 10.0. The van der Waals surface area contributed by atoms with Crippen molar-refractivity contribution in [2.75, 3.05) is 23.7 Å². The van der Waals surface area contributed by atoms with Crippen LogP contribution < -0.4 is 10.6 Å². The lowest BCUT2D eigenvalue weighted by atomic mass is 9.96. The zero-order chi connectivity index (χ0) is 16.7. The summed E-state index contributed by atoms with van der Waals surface area (Å²) in [5.41, 5.74) is 9.39. The van der Waals surface area contributed by atoms with Gasteiger partial charge in [0.1, 0.15) is 5.65 Å². The highest BCUT2D eigenvalue weighted by Gasteiger charge is 2.26. The molecule has 7 nitrogen and oxygen atoms in total. The van der Waals surface area contributed by atoms with Gasteiger partial charge in [-0.2, -0.15) is 0 Å². The largest absolute Gasteiger partial charge is 0.393 e. The lowest BCUT2D eigenvalue weighted by molar-refractivity contribution is 0.0972. The number of hydrogen-bond acceptors (Lipinski definition) is 6. The molecule has 7 heteroatoms. The van der Waals surface area contributed by atoms with Gasteiger partial charge >= 0.3 is 0 Å². The van der Waals surface area contributed by atoms with Crippen LogP contribution in [0.3, 0.4) is 0 Å². The molecule has 24 heavy (non-hydrogen) atoms. The van der Waals surface area contributed by atoms with Crippen LogP contribution in [-0.4, -0.2) is 44.2 Å². The summed E-state index contributed by atoms with van der Waals surface area (Å²) in [6, 6.07) is 3.87. The number of anilines is 2. The molecule has 0 radical (unpaired) electrons. The Bertz CT molecular complexity index is 876. The molecule has 0 aromatic carbocycles. The van der Waals surface area contributed by atoms with Crippen LogP contribution >= 0.6 is 0 Å². The first-order valence-electron chi connectivity index (χ1n) is 8.11. The summed E-state index contributed by atoms with van der Waals surface area (Å²) in [6.07, 6.45) is 5.91. The Labute approximate surface area is 139 Å². The average molecular weight is 324 g/mol. The number of nitrogens with two attached hydrogens (primary N) is 1. The number of piperidine rings is 1. The van der Waals surface area contributed by atoms with Gasteiger partial charge in [0.2, 0.25) is 5.95 Å². The number of aliphatic hydroxyl groups excluding tert-OH is 1. The van der Waals surface area contributed by atoms with Gasteiger partial charge in [0.05, 0.1) is 17.2 Å². The van der Waals surface area contributed by atoms with Crippen molar-refractivity contribution in [2.24, 2.45) is 5.92 Å². The second-order valence-electron chi connectivity index (χ2n) is 6.34. The molecule has 0 saturated carbocycles. The first-order valence-corrected chi connectivity index (χ1v) is 8.11. The molecular weight excluding hydrogens is 304 g/mol. The maximum Gasteiger partial charge on any atom is 0.220 e. The number of fused-ring (bicyclic) bond motifs is 1. The molecule has 2 atom stereocenters. The molecular formula is C17H20N6O. The van der Waals surface area contributed by atoms with E-state index in [1.807, 2.05) is 24.5 Å². The molecule has 0 amide bonds. The van der Waals surface area contributed by atoms with Crippen LogP contribution in [0.2, 0.25) is 0 Å². The number of rotatable bonds is 2. The Morgan fingerprint density at radius 2 is 2.12 bits per heavy atom. The predicted molar refractivity (Wildman–Crippen MR) is 93.5 cm³/mol. The number of nitrogen functional groups attached to an aromatic ring is 1. The topological polar surface area (TPSA) is 104 Å². The van der Waals surface area contributed by atoms with Crippen LogP contribution in [0.25, 0.3) is 22.3 Å². The van der Waals surface area contributed by atoms with E-state index in [-0.39, 0.29) is 18.0 Å². The summed E-state index contributed by atoms with van der Waals surface area (Å²) in [5, 5.41) is 11.0. The summed E-state index contributed by atoms with van der Waals surface area (Å²) in [4.78, 5) is 18.3. The second kappa shape index (κ2) is 5.76. The third kappa shape index (κ3) is 2.46. The van der Waals surface area contributed by atoms with E-state index in [2.05, 4.69) is 31.8 Å². The van der Waals surface area contributed by atoms with Crippen molar-refractivity contribution in [3.63, 3.8) is 0 Å². The van der Waals surface area contributed by atoms with Crippen LogP contribution in [-0.2, 0) is 0 Å². The van der Waals surface area contributed by atoms with Crippen LogP contribution in [0.4, 0.5) is 11.6 Å². The molecule has 0 aliphatic carbocycles. The Morgan fingerprint density at radius 3 is 2.92 bits per heavy atom. The fourth-order valence-corrected chi connectivity index (χ4v) is 3.38. The fourth-order valence-electron chi connectivity index (χ4n) is 3.38. The number of nitrogens with zero attached hydrogens (tertiary/aromatic N) is 4. The zero-order valence-corrected chi connectivity index (χ0v) is 13.5. The molecule has 3 aromatic rings. The van der Waals surface area contributed by atoms with E-state index in [4.69, 9.17) is 5.73 Å². The summed E-state index contributed by atoms with van der Waals surface area (Å²) in [5.74, 6) is 0.487. The van der Waals surface area contributed by atoms with Crippen molar-refractivity contribution >= 4 is 22.7 Å². The molecule has 0 unspecified atom stereocenters. The van der Waals surface area contributed by atoms with E-state index < -0.39 is 0 Å². The monoisotopic (exact) mass is 324 g/mol. The molecule has 4 rings (SSSR count). The molecule has 0 bridgehead atoms. The number of aromatic amines is 1. The van der Waals surface area contributed by atoms with Gasteiger partial charge in [-0.05, 0) is 24.5 Å².